The van der Waals surface area contributed by atoms with Crippen LogP contribution in [0.2, 0.25) is 0 Å². The summed E-state index contributed by atoms with van der Waals surface area (Å²) in [6.07, 6.45) is 0.241. The van der Waals surface area contributed by atoms with Gasteiger partial charge in [-0.25, -0.2) is 9.97 Å². The fourth-order valence-electron chi connectivity index (χ4n) is 2.34. The van der Waals surface area contributed by atoms with Crippen molar-refractivity contribution >= 4 is 28.5 Å². The van der Waals surface area contributed by atoms with E-state index in [1.54, 1.807) is 12.5 Å². The largest absolute Gasteiger partial charge is 0.462 e. The summed E-state index contributed by atoms with van der Waals surface area (Å²) in [6.45, 7) is 2.04. The molecule has 0 aliphatic heterocycles. The van der Waals surface area contributed by atoms with Crippen LogP contribution in [-0.4, -0.2) is 20.7 Å². The van der Waals surface area contributed by atoms with Crippen LogP contribution in [0.4, 0.5) is 19.0 Å². The molecule has 0 atom stereocenters. The maximum Gasteiger partial charge on any atom is 0.433 e. The van der Waals surface area contributed by atoms with Crippen molar-refractivity contribution in [2.75, 3.05) is 11.5 Å². The molecule has 5 nitrogen and oxygen atoms in total. The summed E-state index contributed by atoms with van der Waals surface area (Å²) in [5.41, 5.74) is 7.05. The molecule has 0 radical (unpaired) electrons. The molecule has 3 heterocycles. The molecular formula is C16H15F3N4OS. The smallest absolute Gasteiger partial charge is 0.433 e. The number of halogens is 3. The lowest BCUT2D eigenvalue weighted by atomic mass is 10.1. The monoisotopic (exact) mass is 368 g/mol. The van der Waals surface area contributed by atoms with Gasteiger partial charge in [0.2, 0.25) is 0 Å². The normalized spacial score (nSPS) is 12.0. The quantitative estimate of drug-likeness (QED) is 0.539. The molecule has 0 aliphatic carbocycles. The van der Waals surface area contributed by atoms with Crippen molar-refractivity contribution in [2.24, 2.45) is 0 Å². The minimum Gasteiger partial charge on any atom is -0.462 e. The van der Waals surface area contributed by atoms with Crippen molar-refractivity contribution in [2.45, 2.75) is 31.1 Å². The number of fused-ring (bicyclic) bond motifs is 1. The predicted molar refractivity (Wildman–Crippen MR) is 89.3 cm³/mol. The van der Waals surface area contributed by atoms with Gasteiger partial charge in [0, 0.05) is 22.9 Å². The van der Waals surface area contributed by atoms with Gasteiger partial charge in [-0.3, -0.25) is 4.98 Å². The zero-order chi connectivity index (χ0) is 18.0. The van der Waals surface area contributed by atoms with Crippen molar-refractivity contribution in [1.82, 2.24) is 15.0 Å². The Kier molecular flexibility index (Phi) is 4.85. The Morgan fingerprint density at radius 2 is 2.04 bits per heavy atom. The summed E-state index contributed by atoms with van der Waals surface area (Å²) in [4.78, 5) is 11.7. The van der Waals surface area contributed by atoms with Crippen molar-refractivity contribution in [3.8, 4) is 0 Å². The number of anilines is 1. The van der Waals surface area contributed by atoms with E-state index in [0.717, 1.165) is 46.5 Å². The number of rotatable bonds is 5. The molecule has 3 aromatic heterocycles. The highest BCUT2D eigenvalue weighted by Crippen LogP contribution is 2.30. The Hall–Kier alpha value is -2.29. The Balaban J connectivity index is 1.70. The SMILES string of the molecule is CCc1coc2cnc(CCSc3nc(N)cc(C(F)(F)F)n3)cc12. The highest BCUT2D eigenvalue weighted by atomic mass is 32.2. The number of thioether (sulfide) groups is 1. The maximum absolute atomic E-state index is 12.8. The number of hydrogen-bond acceptors (Lipinski definition) is 6. The summed E-state index contributed by atoms with van der Waals surface area (Å²) in [7, 11) is 0. The number of alkyl halides is 3. The van der Waals surface area contributed by atoms with Gasteiger partial charge in [-0.1, -0.05) is 18.7 Å². The molecule has 2 N–H and O–H groups in total. The molecule has 0 unspecified atom stereocenters. The first-order valence-electron chi connectivity index (χ1n) is 7.56. The second kappa shape index (κ2) is 6.91. The van der Waals surface area contributed by atoms with Gasteiger partial charge < -0.3 is 10.2 Å². The minimum absolute atomic E-state index is 0.00552. The van der Waals surface area contributed by atoms with E-state index in [1.165, 1.54) is 0 Å². The molecule has 0 fully saturated rings. The standard InChI is InChI=1S/C16H15F3N4OS/c1-2-9-8-24-12-7-21-10(5-11(9)12)3-4-25-15-22-13(16(17,18)19)6-14(20)23-15/h5-8H,2-4H2,1H3,(H2,20,22,23). The van der Waals surface area contributed by atoms with Crippen LogP contribution in [0, 0.1) is 0 Å². The highest BCUT2D eigenvalue weighted by molar-refractivity contribution is 7.99. The summed E-state index contributed by atoms with van der Waals surface area (Å²) < 4.78 is 43.7. The van der Waals surface area contributed by atoms with E-state index < -0.39 is 11.9 Å². The van der Waals surface area contributed by atoms with Crippen LogP contribution in [0.15, 0.2) is 34.2 Å². The first-order chi connectivity index (χ1) is 11.9. The Morgan fingerprint density at radius 1 is 1.24 bits per heavy atom. The Morgan fingerprint density at radius 3 is 2.76 bits per heavy atom. The van der Waals surface area contributed by atoms with Gasteiger partial charge in [-0.2, -0.15) is 13.2 Å². The lowest BCUT2D eigenvalue weighted by molar-refractivity contribution is -0.141. The maximum atomic E-state index is 12.8. The van der Waals surface area contributed by atoms with Crippen LogP contribution in [0.1, 0.15) is 23.9 Å². The number of nitrogens with zero attached hydrogens (tertiary/aromatic N) is 3. The van der Waals surface area contributed by atoms with Gasteiger partial charge >= 0.3 is 6.18 Å². The molecule has 0 aliphatic rings. The molecule has 0 aromatic carbocycles. The molecule has 0 amide bonds. The van der Waals surface area contributed by atoms with Crippen LogP contribution < -0.4 is 5.73 Å². The molecular weight excluding hydrogens is 353 g/mol. The van der Waals surface area contributed by atoms with E-state index in [-0.39, 0.29) is 11.0 Å². The zero-order valence-corrected chi connectivity index (χ0v) is 14.1. The first kappa shape index (κ1) is 17.5. The van der Waals surface area contributed by atoms with Crippen molar-refractivity contribution < 1.29 is 17.6 Å². The molecule has 9 heteroatoms. The number of pyridine rings is 1. The third kappa shape index (κ3) is 4.04. The highest BCUT2D eigenvalue weighted by Gasteiger charge is 2.33. The second-order valence-electron chi connectivity index (χ2n) is 5.34. The molecule has 132 valence electrons. The Bertz CT molecular complexity index is 895. The summed E-state index contributed by atoms with van der Waals surface area (Å²) in [5, 5.41) is 1.02. The average Bonchev–Trinajstić information content (AvgIpc) is 2.96. The van der Waals surface area contributed by atoms with Gasteiger partial charge in [0.1, 0.15) is 5.82 Å². The van der Waals surface area contributed by atoms with Crippen molar-refractivity contribution in [1.29, 1.82) is 0 Å². The molecule has 0 spiro atoms. The van der Waals surface area contributed by atoms with Crippen LogP contribution in [0.3, 0.4) is 0 Å². The second-order valence-corrected chi connectivity index (χ2v) is 6.41. The van der Waals surface area contributed by atoms with E-state index in [0.29, 0.717) is 12.2 Å². The van der Waals surface area contributed by atoms with Crippen molar-refractivity contribution in [3.63, 3.8) is 0 Å². The van der Waals surface area contributed by atoms with Gasteiger partial charge in [-0.15, -0.1) is 0 Å². The molecule has 3 rings (SSSR count). The van der Waals surface area contributed by atoms with Crippen LogP contribution in [0.25, 0.3) is 11.0 Å². The van der Waals surface area contributed by atoms with Crippen LogP contribution in [-0.2, 0) is 19.0 Å². The molecule has 0 saturated heterocycles. The van der Waals surface area contributed by atoms with Gasteiger partial charge in [0.15, 0.2) is 16.4 Å². The third-order valence-corrected chi connectivity index (χ3v) is 4.43. The third-order valence-electron chi connectivity index (χ3n) is 3.58. The summed E-state index contributed by atoms with van der Waals surface area (Å²) >= 11 is 1.11. The van der Waals surface area contributed by atoms with E-state index in [1.807, 2.05) is 13.0 Å². The summed E-state index contributed by atoms with van der Waals surface area (Å²) in [6, 6.07) is 2.67. The number of aryl methyl sites for hydroxylation is 2. The summed E-state index contributed by atoms with van der Waals surface area (Å²) in [5.74, 6) is 0.286. The van der Waals surface area contributed by atoms with Crippen molar-refractivity contribution in [3.05, 3.63) is 41.5 Å². The van der Waals surface area contributed by atoms with E-state index in [4.69, 9.17) is 10.2 Å². The fourth-order valence-corrected chi connectivity index (χ4v) is 3.17. The van der Waals surface area contributed by atoms with E-state index >= 15 is 0 Å². The zero-order valence-electron chi connectivity index (χ0n) is 13.3. The predicted octanol–water partition coefficient (Wildman–Crippen LogP) is 4.12. The molecule has 25 heavy (non-hydrogen) atoms. The average molecular weight is 368 g/mol. The Labute approximate surface area is 145 Å². The van der Waals surface area contributed by atoms with Gasteiger partial charge in [-0.05, 0) is 24.5 Å². The lowest BCUT2D eigenvalue weighted by Gasteiger charge is -2.08. The van der Waals surface area contributed by atoms with Crippen LogP contribution >= 0.6 is 11.8 Å². The fraction of sp³-hybridized carbons (Fsp3) is 0.312. The number of aromatic nitrogens is 3. The van der Waals surface area contributed by atoms with E-state index in [9.17, 15) is 13.2 Å². The number of nitrogens with two attached hydrogens (primary N) is 1. The molecule has 0 bridgehead atoms. The number of hydrogen-bond donors (Lipinski definition) is 1. The van der Waals surface area contributed by atoms with Gasteiger partial charge in [0.25, 0.3) is 0 Å². The molecule has 3 aromatic rings. The van der Waals surface area contributed by atoms with Crippen LogP contribution in [0.5, 0.6) is 0 Å². The number of furan rings is 1. The molecule has 0 saturated carbocycles. The minimum atomic E-state index is -4.54. The topological polar surface area (TPSA) is 77.8 Å². The van der Waals surface area contributed by atoms with Gasteiger partial charge in [0.05, 0.1) is 12.5 Å². The van der Waals surface area contributed by atoms with E-state index in [2.05, 4.69) is 15.0 Å². The first-order valence-corrected chi connectivity index (χ1v) is 8.55. The lowest BCUT2D eigenvalue weighted by Crippen LogP contribution is -2.11. The number of nitrogen functional groups attached to an aromatic ring is 1.